The van der Waals surface area contributed by atoms with E-state index in [9.17, 15) is 0 Å². The molecule has 0 saturated carbocycles. The first-order valence-corrected chi connectivity index (χ1v) is 23.5. The number of nitrogens with zero attached hydrogens (tertiary/aromatic N) is 1. The van der Waals surface area contributed by atoms with Crippen molar-refractivity contribution in [3.8, 4) is 66.8 Å². The molecular weight excluding hydrogens is 819 g/mol. The molecule has 1 heteroatoms. The van der Waals surface area contributed by atoms with Crippen molar-refractivity contribution in [1.29, 1.82) is 0 Å². The van der Waals surface area contributed by atoms with Crippen molar-refractivity contribution in [2.45, 2.75) is 5.41 Å². The number of hydrogen-bond acceptors (Lipinski definition) is 1. The Balaban J connectivity index is 1.13. The van der Waals surface area contributed by atoms with Crippen LogP contribution in [0, 0.1) is 0 Å². The van der Waals surface area contributed by atoms with Crippen LogP contribution in [0.4, 0.5) is 17.1 Å². The van der Waals surface area contributed by atoms with Crippen molar-refractivity contribution in [2.75, 3.05) is 4.90 Å². The molecule has 0 radical (unpaired) electrons. The van der Waals surface area contributed by atoms with Crippen LogP contribution < -0.4 is 4.90 Å². The lowest BCUT2D eigenvalue weighted by atomic mass is 9.67. The maximum absolute atomic E-state index is 2.48. The van der Waals surface area contributed by atoms with E-state index in [1.165, 1.54) is 77.9 Å². The molecule has 0 amide bonds. The molecule has 1 aliphatic carbocycles. The van der Waals surface area contributed by atoms with Gasteiger partial charge in [-0.1, -0.05) is 255 Å². The van der Waals surface area contributed by atoms with Gasteiger partial charge in [-0.25, -0.2) is 0 Å². The first-order valence-electron chi connectivity index (χ1n) is 23.5. The lowest BCUT2D eigenvalue weighted by Crippen LogP contribution is -2.28. The highest BCUT2D eigenvalue weighted by Crippen LogP contribution is 2.58. The normalized spacial score (nSPS) is 12.2. The minimum Gasteiger partial charge on any atom is -0.310 e. The highest BCUT2D eigenvalue weighted by molar-refractivity contribution is 6.03. The SMILES string of the molecule is c1ccc(-c2ccc(N(c3ccc4c(c3)C(c3ccccc3)(c3ccccc3)c3ccccc3-4)c3ccccc3-c3cccc(-c4ccccc4)c3-c3ccccc3-c3ccccc3)cc2)cc1. The first-order chi connectivity index (χ1) is 33.8. The summed E-state index contributed by atoms with van der Waals surface area (Å²) in [6.45, 7) is 0. The van der Waals surface area contributed by atoms with Gasteiger partial charge >= 0.3 is 0 Å². The van der Waals surface area contributed by atoms with Gasteiger partial charge in [-0.15, -0.1) is 0 Å². The summed E-state index contributed by atoms with van der Waals surface area (Å²) in [4.78, 5) is 2.48. The summed E-state index contributed by atoms with van der Waals surface area (Å²) in [6.07, 6.45) is 0. The van der Waals surface area contributed by atoms with Gasteiger partial charge in [0, 0.05) is 16.9 Å². The van der Waals surface area contributed by atoms with E-state index in [4.69, 9.17) is 0 Å². The average Bonchev–Trinajstić information content (AvgIpc) is 3.73. The molecule has 0 N–H and O–H groups in total. The fourth-order valence-corrected chi connectivity index (χ4v) is 10.8. The third-order valence-corrected chi connectivity index (χ3v) is 13.8. The van der Waals surface area contributed by atoms with Crippen LogP contribution in [0.25, 0.3) is 66.8 Å². The van der Waals surface area contributed by atoms with Gasteiger partial charge in [-0.2, -0.15) is 0 Å². The minimum atomic E-state index is -0.550. The molecule has 0 unspecified atom stereocenters. The maximum atomic E-state index is 2.48. The number of hydrogen-bond donors (Lipinski definition) is 0. The third-order valence-electron chi connectivity index (χ3n) is 13.8. The Bertz CT molecular complexity index is 3490. The summed E-state index contributed by atoms with van der Waals surface area (Å²) in [5, 5.41) is 0. The standard InChI is InChI=1S/C67H47N/c1-6-23-48(24-7-1)49-41-43-54(44-42-49)68(55-45-46-59-58-34-18-20-39-63(58)67(64(59)47-55,52-29-12-4-13-30-52)53-31-14-5-15-32-53)65-40-21-19-35-60(65)62-38-22-37-57(51-27-10-3-11-28-51)66(62)61-36-17-16-33-56(61)50-25-8-2-9-26-50/h1-47H. The van der Waals surface area contributed by atoms with Crippen molar-refractivity contribution in [2.24, 2.45) is 0 Å². The van der Waals surface area contributed by atoms with E-state index < -0.39 is 5.41 Å². The Morgan fingerprint density at radius 1 is 0.235 bits per heavy atom. The third kappa shape index (κ3) is 6.96. The van der Waals surface area contributed by atoms with E-state index in [0.717, 1.165) is 28.2 Å². The van der Waals surface area contributed by atoms with Crippen LogP contribution in [-0.4, -0.2) is 0 Å². The highest BCUT2D eigenvalue weighted by Gasteiger charge is 2.46. The Labute approximate surface area is 399 Å². The van der Waals surface area contributed by atoms with Crippen molar-refractivity contribution in [1.82, 2.24) is 0 Å². The van der Waals surface area contributed by atoms with Crippen LogP contribution in [0.3, 0.4) is 0 Å². The quantitative estimate of drug-likeness (QED) is 0.132. The number of benzene rings is 11. The van der Waals surface area contributed by atoms with E-state index in [1.54, 1.807) is 0 Å². The maximum Gasteiger partial charge on any atom is 0.0714 e. The van der Waals surface area contributed by atoms with E-state index in [2.05, 4.69) is 290 Å². The molecular formula is C67H47N. The molecule has 0 aromatic heterocycles. The van der Waals surface area contributed by atoms with Crippen LogP contribution in [0.1, 0.15) is 22.3 Å². The molecule has 1 aliphatic rings. The van der Waals surface area contributed by atoms with Crippen molar-refractivity contribution in [3.63, 3.8) is 0 Å². The second-order valence-electron chi connectivity index (χ2n) is 17.5. The summed E-state index contributed by atoms with van der Waals surface area (Å²) in [5.41, 5.74) is 22.0. The van der Waals surface area contributed by atoms with Gasteiger partial charge in [0.15, 0.2) is 0 Å². The first kappa shape index (κ1) is 40.7. The Morgan fingerprint density at radius 3 is 1.29 bits per heavy atom. The molecule has 0 atom stereocenters. The Hall–Kier alpha value is -8.78. The molecule has 11 aromatic carbocycles. The summed E-state index contributed by atoms with van der Waals surface area (Å²) in [7, 11) is 0. The molecule has 0 bridgehead atoms. The molecule has 11 aromatic rings. The van der Waals surface area contributed by atoms with E-state index in [0.29, 0.717) is 0 Å². The Kier molecular flexibility index (Phi) is 10.5. The molecule has 0 saturated heterocycles. The zero-order valence-corrected chi connectivity index (χ0v) is 37.6. The van der Waals surface area contributed by atoms with Crippen LogP contribution in [0.5, 0.6) is 0 Å². The number of rotatable bonds is 10. The monoisotopic (exact) mass is 865 g/mol. The van der Waals surface area contributed by atoms with Crippen LogP contribution in [0.2, 0.25) is 0 Å². The summed E-state index contributed by atoms with van der Waals surface area (Å²) in [5.74, 6) is 0. The summed E-state index contributed by atoms with van der Waals surface area (Å²) >= 11 is 0. The Morgan fingerprint density at radius 2 is 0.662 bits per heavy atom. The number of fused-ring (bicyclic) bond motifs is 3. The largest absolute Gasteiger partial charge is 0.310 e. The van der Waals surface area contributed by atoms with Crippen LogP contribution in [-0.2, 0) is 5.41 Å². The molecule has 12 rings (SSSR count). The predicted molar refractivity (Wildman–Crippen MR) is 286 cm³/mol. The van der Waals surface area contributed by atoms with Gasteiger partial charge in [0.25, 0.3) is 0 Å². The van der Waals surface area contributed by atoms with Crippen molar-refractivity contribution in [3.05, 3.63) is 307 Å². The average molecular weight is 866 g/mol. The molecule has 0 heterocycles. The van der Waals surface area contributed by atoms with Crippen LogP contribution >= 0.6 is 0 Å². The van der Waals surface area contributed by atoms with Gasteiger partial charge in [-0.05, 0) is 114 Å². The molecule has 0 fully saturated rings. The zero-order valence-electron chi connectivity index (χ0n) is 37.6. The van der Waals surface area contributed by atoms with E-state index in [1.807, 2.05) is 0 Å². The van der Waals surface area contributed by atoms with Gasteiger partial charge in [0.2, 0.25) is 0 Å². The molecule has 68 heavy (non-hydrogen) atoms. The topological polar surface area (TPSA) is 3.24 Å². The predicted octanol–water partition coefficient (Wildman–Crippen LogP) is 17.9. The number of para-hydroxylation sites is 1. The second kappa shape index (κ2) is 17.5. The molecule has 0 spiro atoms. The van der Waals surface area contributed by atoms with Gasteiger partial charge in [0.05, 0.1) is 11.1 Å². The van der Waals surface area contributed by atoms with Gasteiger partial charge in [0.1, 0.15) is 0 Å². The fourth-order valence-electron chi connectivity index (χ4n) is 10.8. The van der Waals surface area contributed by atoms with E-state index in [-0.39, 0.29) is 0 Å². The van der Waals surface area contributed by atoms with Crippen molar-refractivity contribution >= 4 is 17.1 Å². The lowest BCUT2D eigenvalue weighted by molar-refractivity contribution is 0.768. The van der Waals surface area contributed by atoms with Gasteiger partial charge in [-0.3, -0.25) is 0 Å². The second-order valence-corrected chi connectivity index (χ2v) is 17.5. The minimum absolute atomic E-state index is 0.550. The van der Waals surface area contributed by atoms with Crippen molar-refractivity contribution < 1.29 is 0 Å². The molecule has 1 nitrogen and oxygen atoms in total. The highest BCUT2D eigenvalue weighted by atomic mass is 15.1. The van der Waals surface area contributed by atoms with E-state index >= 15 is 0 Å². The van der Waals surface area contributed by atoms with Gasteiger partial charge < -0.3 is 4.90 Å². The fraction of sp³-hybridized carbons (Fsp3) is 0.0149. The van der Waals surface area contributed by atoms with Crippen LogP contribution in [0.15, 0.2) is 285 Å². The summed E-state index contributed by atoms with van der Waals surface area (Å²) < 4.78 is 0. The molecule has 320 valence electrons. The lowest BCUT2D eigenvalue weighted by Gasteiger charge is -2.35. The zero-order chi connectivity index (χ0) is 45.3. The summed E-state index contributed by atoms with van der Waals surface area (Å²) in [6, 6.07) is 104. The smallest absolute Gasteiger partial charge is 0.0714 e. The molecule has 0 aliphatic heterocycles. The number of anilines is 3.